The first kappa shape index (κ1) is 17.5. The zero-order valence-corrected chi connectivity index (χ0v) is 15.5. The Morgan fingerprint density at radius 1 is 1.00 bits per heavy atom. The molecule has 7 heteroatoms. The van der Waals surface area contributed by atoms with Gasteiger partial charge in [0.25, 0.3) is 5.91 Å². The summed E-state index contributed by atoms with van der Waals surface area (Å²) in [4.78, 5) is 38.9. The van der Waals surface area contributed by atoms with E-state index in [1.807, 2.05) is 28.0 Å². The van der Waals surface area contributed by atoms with E-state index in [4.69, 9.17) is 0 Å². The lowest BCUT2D eigenvalue weighted by Crippen LogP contribution is -2.48. The molecule has 3 heterocycles. The van der Waals surface area contributed by atoms with E-state index >= 15 is 0 Å². The van der Waals surface area contributed by atoms with Crippen LogP contribution in [0.2, 0.25) is 0 Å². The molecule has 2 amide bonds. The lowest BCUT2D eigenvalue weighted by atomic mass is 10.0. The van der Waals surface area contributed by atoms with Gasteiger partial charge in [-0.1, -0.05) is 18.2 Å². The molecule has 27 heavy (non-hydrogen) atoms. The third kappa shape index (κ3) is 3.49. The van der Waals surface area contributed by atoms with Gasteiger partial charge in [-0.25, -0.2) is 9.97 Å². The van der Waals surface area contributed by atoms with E-state index in [-0.39, 0.29) is 11.8 Å². The summed E-state index contributed by atoms with van der Waals surface area (Å²) in [5.74, 6) is 0.743. The van der Waals surface area contributed by atoms with Crippen LogP contribution in [-0.4, -0.2) is 59.4 Å². The van der Waals surface area contributed by atoms with Crippen LogP contribution in [0.25, 0.3) is 0 Å². The minimum Gasteiger partial charge on any atom is -0.353 e. The molecule has 0 saturated carbocycles. The topological polar surface area (TPSA) is 69.6 Å². The van der Waals surface area contributed by atoms with Gasteiger partial charge in [-0.3, -0.25) is 9.59 Å². The van der Waals surface area contributed by atoms with Crippen molar-refractivity contribution in [1.82, 2.24) is 14.9 Å². The van der Waals surface area contributed by atoms with E-state index in [1.54, 1.807) is 13.0 Å². The van der Waals surface area contributed by atoms with E-state index in [9.17, 15) is 9.59 Å². The van der Waals surface area contributed by atoms with E-state index in [0.29, 0.717) is 38.4 Å². The first-order valence-corrected chi connectivity index (χ1v) is 9.36. The van der Waals surface area contributed by atoms with Crippen LogP contribution in [0, 0.1) is 0 Å². The average molecular weight is 365 g/mol. The summed E-state index contributed by atoms with van der Waals surface area (Å²) in [5, 5.41) is 0. The van der Waals surface area contributed by atoms with Gasteiger partial charge in [-0.2, -0.15) is 0 Å². The summed E-state index contributed by atoms with van der Waals surface area (Å²) in [6.45, 7) is 5.04. The number of nitrogens with zero attached hydrogens (tertiary/aromatic N) is 5. The van der Waals surface area contributed by atoms with Crippen LogP contribution in [0.3, 0.4) is 0 Å². The second-order valence-corrected chi connectivity index (χ2v) is 6.94. The fourth-order valence-corrected chi connectivity index (χ4v) is 3.77. The van der Waals surface area contributed by atoms with Gasteiger partial charge >= 0.3 is 0 Å². The number of rotatable bonds is 2. The Kier molecular flexibility index (Phi) is 4.75. The first-order chi connectivity index (χ1) is 13.1. The van der Waals surface area contributed by atoms with Crippen LogP contribution >= 0.6 is 0 Å². The molecule has 1 aromatic heterocycles. The lowest BCUT2D eigenvalue weighted by molar-refractivity contribution is -0.129. The zero-order valence-electron chi connectivity index (χ0n) is 15.5. The molecule has 7 nitrogen and oxygen atoms in total. The normalized spacial score (nSPS) is 16.9. The number of aryl methyl sites for hydroxylation is 1. The number of fused-ring (bicyclic) bond motifs is 1. The molecule has 0 unspecified atom stereocenters. The third-order valence-electron chi connectivity index (χ3n) is 5.28. The second-order valence-electron chi connectivity index (χ2n) is 6.94. The summed E-state index contributed by atoms with van der Waals surface area (Å²) in [7, 11) is 0. The largest absolute Gasteiger partial charge is 0.353 e. The molecule has 1 saturated heterocycles. The summed E-state index contributed by atoms with van der Waals surface area (Å²) >= 11 is 0. The predicted octanol–water partition coefficient (Wildman–Crippen LogP) is 1.74. The van der Waals surface area contributed by atoms with Crippen LogP contribution in [0.15, 0.2) is 36.7 Å². The highest BCUT2D eigenvalue weighted by Gasteiger charge is 2.26. The number of para-hydroxylation sites is 1. The molecule has 140 valence electrons. The van der Waals surface area contributed by atoms with Gasteiger partial charge in [0.05, 0.1) is 0 Å². The maximum atomic E-state index is 13.1. The van der Waals surface area contributed by atoms with Gasteiger partial charge in [-0.15, -0.1) is 0 Å². The second kappa shape index (κ2) is 7.34. The Balaban J connectivity index is 1.53. The quantitative estimate of drug-likeness (QED) is 0.811. The number of carbonyl (C=O) groups excluding carboxylic acids is 2. The molecular formula is C20H23N5O2. The van der Waals surface area contributed by atoms with Crippen molar-refractivity contribution in [2.45, 2.75) is 19.8 Å². The SMILES string of the molecule is CC(=O)N1CCN(c2cc(C(=O)N3CCCc4ccccc43)ncn2)CC1. The molecule has 0 N–H and O–H groups in total. The molecule has 0 atom stereocenters. The van der Waals surface area contributed by atoms with Gasteiger partial charge < -0.3 is 14.7 Å². The molecule has 2 aliphatic rings. The molecule has 0 aliphatic carbocycles. The van der Waals surface area contributed by atoms with Gasteiger partial charge in [0.1, 0.15) is 17.8 Å². The van der Waals surface area contributed by atoms with Crippen molar-refractivity contribution in [3.63, 3.8) is 0 Å². The van der Waals surface area contributed by atoms with Crippen LogP contribution in [-0.2, 0) is 11.2 Å². The number of anilines is 2. The number of hydrogen-bond acceptors (Lipinski definition) is 5. The highest BCUT2D eigenvalue weighted by molar-refractivity contribution is 6.05. The molecule has 1 fully saturated rings. The first-order valence-electron chi connectivity index (χ1n) is 9.36. The van der Waals surface area contributed by atoms with Crippen LogP contribution in [0.5, 0.6) is 0 Å². The smallest absolute Gasteiger partial charge is 0.277 e. The standard InChI is InChI=1S/C20H23N5O2/c1-15(26)23-9-11-24(12-10-23)19-13-17(21-14-22-19)20(27)25-8-4-6-16-5-2-3-7-18(16)25/h2-3,5,7,13-14H,4,6,8-12H2,1H3. The van der Waals surface area contributed by atoms with E-state index in [1.165, 1.54) is 11.9 Å². The van der Waals surface area contributed by atoms with Gasteiger partial charge in [0.15, 0.2) is 0 Å². The van der Waals surface area contributed by atoms with Crippen molar-refractivity contribution in [2.75, 3.05) is 42.5 Å². The number of carbonyl (C=O) groups is 2. The molecular weight excluding hydrogens is 342 g/mol. The summed E-state index contributed by atoms with van der Waals surface area (Å²) < 4.78 is 0. The zero-order chi connectivity index (χ0) is 18.8. The van der Waals surface area contributed by atoms with Crippen molar-refractivity contribution in [2.24, 2.45) is 0 Å². The van der Waals surface area contributed by atoms with Gasteiger partial charge in [-0.05, 0) is 24.5 Å². The van der Waals surface area contributed by atoms with Crippen LogP contribution in [0.4, 0.5) is 11.5 Å². The number of piperazine rings is 1. The Bertz CT molecular complexity index is 861. The summed E-state index contributed by atoms with van der Waals surface area (Å²) in [6.07, 6.45) is 3.40. The molecule has 2 aromatic rings. The van der Waals surface area contributed by atoms with Gasteiger partial charge in [0, 0.05) is 51.4 Å². The molecule has 2 aliphatic heterocycles. The molecule has 1 aromatic carbocycles. The summed E-state index contributed by atoms with van der Waals surface area (Å²) in [6, 6.07) is 9.81. The fraction of sp³-hybridized carbons (Fsp3) is 0.400. The van der Waals surface area contributed by atoms with E-state index < -0.39 is 0 Å². The highest BCUT2D eigenvalue weighted by Crippen LogP contribution is 2.28. The minimum absolute atomic E-state index is 0.0897. The Morgan fingerprint density at radius 3 is 2.56 bits per heavy atom. The van der Waals surface area contributed by atoms with Crippen LogP contribution < -0.4 is 9.80 Å². The Hall–Kier alpha value is -2.96. The maximum Gasteiger partial charge on any atom is 0.277 e. The number of amides is 2. The maximum absolute atomic E-state index is 13.1. The molecule has 0 bridgehead atoms. The Labute approximate surface area is 158 Å². The van der Waals surface area contributed by atoms with Crippen molar-refractivity contribution in [1.29, 1.82) is 0 Å². The van der Waals surface area contributed by atoms with Crippen molar-refractivity contribution in [3.05, 3.63) is 47.9 Å². The highest BCUT2D eigenvalue weighted by atomic mass is 16.2. The number of aromatic nitrogens is 2. The van der Waals surface area contributed by atoms with Crippen molar-refractivity contribution >= 4 is 23.3 Å². The third-order valence-corrected chi connectivity index (χ3v) is 5.28. The minimum atomic E-state index is -0.0897. The Morgan fingerprint density at radius 2 is 1.78 bits per heavy atom. The molecule has 0 radical (unpaired) electrons. The molecule has 4 rings (SSSR count). The van der Waals surface area contributed by atoms with Gasteiger partial charge in [0.2, 0.25) is 5.91 Å². The van der Waals surface area contributed by atoms with E-state index in [2.05, 4.69) is 20.9 Å². The van der Waals surface area contributed by atoms with Crippen molar-refractivity contribution < 1.29 is 9.59 Å². The van der Waals surface area contributed by atoms with Crippen LogP contribution in [0.1, 0.15) is 29.4 Å². The number of benzene rings is 1. The predicted molar refractivity (Wildman–Crippen MR) is 103 cm³/mol. The monoisotopic (exact) mass is 365 g/mol. The molecule has 0 spiro atoms. The van der Waals surface area contributed by atoms with E-state index in [0.717, 1.165) is 24.3 Å². The lowest BCUT2D eigenvalue weighted by Gasteiger charge is -2.35. The summed E-state index contributed by atoms with van der Waals surface area (Å²) in [5.41, 5.74) is 2.58. The number of hydrogen-bond donors (Lipinski definition) is 0. The average Bonchev–Trinajstić information content (AvgIpc) is 2.73. The van der Waals surface area contributed by atoms with Crippen molar-refractivity contribution in [3.8, 4) is 0 Å². The fourth-order valence-electron chi connectivity index (χ4n) is 3.77.